The lowest BCUT2D eigenvalue weighted by Crippen LogP contribution is -2.28. The van der Waals surface area contributed by atoms with Crippen LogP contribution in [-0.4, -0.2) is 40.7 Å². The molecule has 1 unspecified atom stereocenters. The lowest BCUT2D eigenvalue weighted by molar-refractivity contribution is -0.123. The minimum absolute atomic E-state index is 0.328. The van der Waals surface area contributed by atoms with Gasteiger partial charge < -0.3 is 9.30 Å². The molecule has 1 atom stereocenters. The molecule has 0 radical (unpaired) electrons. The molecule has 0 bridgehead atoms. The number of hydrogen-bond donors (Lipinski definition) is 0. The number of amidine groups is 1. The fourth-order valence-corrected chi connectivity index (χ4v) is 1.21. The third-order valence-electron chi connectivity index (χ3n) is 1.98. The van der Waals surface area contributed by atoms with Gasteiger partial charge in [0.05, 0.1) is 6.33 Å². The summed E-state index contributed by atoms with van der Waals surface area (Å²) in [7, 11) is 3.28. The minimum Gasteiger partial charge on any atom is -0.366 e. The molecule has 1 aliphatic rings. The standard InChI is InChI=1S/C9H10N4O2/c1-13-4-6(11-5-13)8-10-3-7(15-2)9(14)12-8/h3-5,7H,1-2H3. The van der Waals surface area contributed by atoms with Gasteiger partial charge in [0.25, 0.3) is 5.91 Å². The summed E-state index contributed by atoms with van der Waals surface area (Å²) in [5, 5.41) is 0. The summed E-state index contributed by atoms with van der Waals surface area (Å²) in [6.45, 7) is 0. The van der Waals surface area contributed by atoms with Crippen molar-refractivity contribution in [3.63, 3.8) is 0 Å². The number of carbonyl (C=O) groups is 1. The van der Waals surface area contributed by atoms with Crippen LogP contribution in [0.1, 0.15) is 5.69 Å². The van der Waals surface area contributed by atoms with E-state index in [1.807, 2.05) is 7.05 Å². The predicted molar refractivity (Wildman–Crippen MR) is 54.0 cm³/mol. The average molecular weight is 206 g/mol. The van der Waals surface area contributed by atoms with Gasteiger partial charge in [-0.1, -0.05) is 0 Å². The second kappa shape index (κ2) is 3.74. The van der Waals surface area contributed by atoms with Crippen molar-refractivity contribution >= 4 is 18.0 Å². The Labute approximate surface area is 86.3 Å². The number of aromatic nitrogens is 2. The van der Waals surface area contributed by atoms with Gasteiger partial charge in [-0.2, -0.15) is 4.99 Å². The molecule has 6 nitrogen and oxygen atoms in total. The number of aryl methyl sites for hydroxylation is 1. The number of rotatable bonds is 2. The number of ether oxygens (including phenoxy) is 1. The Morgan fingerprint density at radius 2 is 2.33 bits per heavy atom. The molecule has 0 spiro atoms. The van der Waals surface area contributed by atoms with Gasteiger partial charge in [-0.15, -0.1) is 0 Å². The number of hydrogen-bond acceptors (Lipinski definition) is 4. The molecule has 1 aromatic rings. The first-order valence-corrected chi connectivity index (χ1v) is 4.38. The molecule has 1 aromatic heterocycles. The fraction of sp³-hybridized carbons (Fsp3) is 0.333. The van der Waals surface area contributed by atoms with Crippen molar-refractivity contribution in [3.05, 3.63) is 18.2 Å². The normalized spacial score (nSPS) is 20.5. The number of amides is 1. The van der Waals surface area contributed by atoms with Crippen LogP contribution < -0.4 is 0 Å². The highest BCUT2D eigenvalue weighted by Crippen LogP contribution is 2.05. The lowest BCUT2D eigenvalue weighted by Gasteiger charge is -2.09. The summed E-state index contributed by atoms with van der Waals surface area (Å²) < 4.78 is 6.63. The number of nitrogens with zero attached hydrogens (tertiary/aromatic N) is 4. The van der Waals surface area contributed by atoms with Gasteiger partial charge in [0.1, 0.15) is 5.69 Å². The van der Waals surface area contributed by atoms with Gasteiger partial charge in [0.15, 0.2) is 11.9 Å². The van der Waals surface area contributed by atoms with E-state index in [1.165, 1.54) is 13.3 Å². The maximum absolute atomic E-state index is 11.4. The molecule has 0 saturated heterocycles. The lowest BCUT2D eigenvalue weighted by atomic mass is 10.3. The van der Waals surface area contributed by atoms with Crippen LogP contribution in [0.5, 0.6) is 0 Å². The molecule has 1 aliphatic heterocycles. The first kappa shape index (κ1) is 9.72. The fourth-order valence-electron chi connectivity index (χ4n) is 1.21. The van der Waals surface area contributed by atoms with E-state index >= 15 is 0 Å². The van der Waals surface area contributed by atoms with E-state index in [1.54, 1.807) is 17.1 Å². The van der Waals surface area contributed by atoms with Crippen LogP contribution in [0.15, 0.2) is 22.5 Å². The Bertz CT molecular complexity index is 447. The quantitative estimate of drug-likeness (QED) is 0.672. The van der Waals surface area contributed by atoms with E-state index in [0.717, 1.165) is 0 Å². The third kappa shape index (κ3) is 1.84. The van der Waals surface area contributed by atoms with Crippen molar-refractivity contribution in [2.45, 2.75) is 6.10 Å². The van der Waals surface area contributed by atoms with Crippen molar-refractivity contribution in [1.29, 1.82) is 0 Å². The molecule has 2 heterocycles. The molecule has 6 heteroatoms. The molecule has 0 fully saturated rings. The Kier molecular flexibility index (Phi) is 2.42. The summed E-state index contributed by atoms with van der Waals surface area (Å²) >= 11 is 0. The highest BCUT2D eigenvalue weighted by atomic mass is 16.5. The Hall–Kier alpha value is -1.82. The largest absolute Gasteiger partial charge is 0.366 e. The molecule has 78 valence electrons. The monoisotopic (exact) mass is 206 g/mol. The molecule has 0 N–H and O–H groups in total. The molecular weight excluding hydrogens is 196 g/mol. The van der Waals surface area contributed by atoms with E-state index in [0.29, 0.717) is 11.5 Å². The van der Waals surface area contributed by atoms with E-state index in [2.05, 4.69) is 15.0 Å². The first-order chi connectivity index (χ1) is 7.20. The van der Waals surface area contributed by atoms with Gasteiger partial charge in [-0.3, -0.25) is 4.79 Å². The molecule has 0 aromatic carbocycles. The molecule has 15 heavy (non-hydrogen) atoms. The molecule has 0 aliphatic carbocycles. The summed E-state index contributed by atoms with van der Waals surface area (Å²) in [5.74, 6) is -0.0259. The molecule has 0 saturated carbocycles. The van der Waals surface area contributed by atoms with E-state index < -0.39 is 6.10 Å². The highest BCUT2D eigenvalue weighted by Gasteiger charge is 2.21. The number of carbonyl (C=O) groups excluding carboxylic acids is 1. The van der Waals surface area contributed by atoms with Gasteiger partial charge in [0.2, 0.25) is 0 Å². The van der Waals surface area contributed by atoms with Gasteiger partial charge in [-0.05, 0) is 0 Å². The van der Waals surface area contributed by atoms with Crippen LogP contribution in [0.3, 0.4) is 0 Å². The smallest absolute Gasteiger partial charge is 0.282 e. The van der Waals surface area contributed by atoms with Crippen LogP contribution in [0, 0.1) is 0 Å². The summed E-state index contributed by atoms with van der Waals surface area (Å²) in [6.07, 6.45) is 4.13. The zero-order valence-corrected chi connectivity index (χ0v) is 8.41. The van der Waals surface area contributed by atoms with Crippen molar-refractivity contribution < 1.29 is 9.53 Å². The molecule has 2 rings (SSSR count). The number of methoxy groups -OCH3 is 1. The van der Waals surface area contributed by atoms with Crippen LogP contribution in [0.2, 0.25) is 0 Å². The number of aliphatic imine (C=N–C) groups is 2. The second-order valence-electron chi connectivity index (χ2n) is 3.13. The molecular formula is C9H10N4O2. The molecule has 1 amide bonds. The van der Waals surface area contributed by atoms with E-state index in [9.17, 15) is 4.79 Å². The van der Waals surface area contributed by atoms with Gasteiger partial charge >= 0.3 is 0 Å². The van der Waals surface area contributed by atoms with Gasteiger partial charge in [0, 0.05) is 26.6 Å². The minimum atomic E-state index is -0.669. The van der Waals surface area contributed by atoms with Crippen molar-refractivity contribution in [2.24, 2.45) is 17.0 Å². The second-order valence-corrected chi connectivity index (χ2v) is 3.13. The number of imidazole rings is 1. The third-order valence-corrected chi connectivity index (χ3v) is 1.98. The zero-order valence-electron chi connectivity index (χ0n) is 8.41. The zero-order chi connectivity index (χ0) is 10.8. The Morgan fingerprint density at radius 3 is 2.87 bits per heavy atom. The van der Waals surface area contributed by atoms with E-state index in [4.69, 9.17) is 4.74 Å². The highest BCUT2D eigenvalue weighted by molar-refractivity contribution is 6.15. The van der Waals surface area contributed by atoms with Crippen LogP contribution in [0.25, 0.3) is 0 Å². The van der Waals surface area contributed by atoms with Crippen LogP contribution in [0.4, 0.5) is 0 Å². The maximum Gasteiger partial charge on any atom is 0.282 e. The Balaban J connectivity index is 2.27. The summed E-state index contributed by atoms with van der Waals surface area (Å²) in [4.78, 5) is 23.2. The van der Waals surface area contributed by atoms with Crippen molar-refractivity contribution in [3.8, 4) is 0 Å². The van der Waals surface area contributed by atoms with Crippen LogP contribution in [-0.2, 0) is 16.6 Å². The van der Waals surface area contributed by atoms with Crippen LogP contribution >= 0.6 is 0 Å². The average Bonchev–Trinajstić information content (AvgIpc) is 2.65. The topological polar surface area (TPSA) is 68.8 Å². The van der Waals surface area contributed by atoms with Crippen molar-refractivity contribution in [2.75, 3.05) is 7.11 Å². The van der Waals surface area contributed by atoms with E-state index in [-0.39, 0.29) is 5.91 Å². The SMILES string of the molecule is COC1C=NC(c2cn(C)cn2)=NC1=O. The predicted octanol–water partition coefficient (Wildman–Crippen LogP) is -0.207. The van der Waals surface area contributed by atoms with Crippen molar-refractivity contribution in [1.82, 2.24) is 9.55 Å². The van der Waals surface area contributed by atoms with Gasteiger partial charge in [-0.25, -0.2) is 9.98 Å². The first-order valence-electron chi connectivity index (χ1n) is 4.38. The maximum atomic E-state index is 11.4. The Morgan fingerprint density at radius 1 is 1.53 bits per heavy atom. The summed E-state index contributed by atoms with van der Waals surface area (Å²) in [6, 6.07) is 0. The summed E-state index contributed by atoms with van der Waals surface area (Å²) in [5.41, 5.74) is 0.580.